The lowest BCUT2D eigenvalue weighted by Gasteiger charge is -2.49. The van der Waals surface area contributed by atoms with Crippen LogP contribution in [0.1, 0.15) is 46.5 Å². The van der Waals surface area contributed by atoms with E-state index in [0.29, 0.717) is 23.7 Å². The summed E-state index contributed by atoms with van der Waals surface area (Å²) in [6.07, 6.45) is 6.30. The summed E-state index contributed by atoms with van der Waals surface area (Å²) < 4.78 is 0. The molecule has 98 valence electrons. The summed E-state index contributed by atoms with van der Waals surface area (Å²) >= 11 is 0. The molecule has 2 rings (SSSR count). The van der Waals surface area contributed by atoms with E-state index in [9.17, 15) is 10.2 Å². The van der Waals surface area contributed by atoms with Gasteiger partial charge in [-0.3, -0.25) is 0 Å². The fourth-order valence-corrected chi connectivity index (χ4v) is 3.90. The third-order valence-electron chi connectivity index (χ3n) is 5.01. The molecule has 2 N–H and O–H groups in total. The summed E-state index contributed by atoms with van der Waals surface area (Å²) in [6.45, 7) is 6.75. The lowest BCUT2D eigenvalue weighted by atomic mass is 9.58. The van der Waals surface area contributed by atoms with Gasteiger partial charge in [0.25, 0.3) is 0 Å². The molecule has 0 radical (unpaired) electrons. The fourth-order valence-electron chi connectivity index (χ4n) is 3.90. The Labute approximate surface area is 105 Å². The molecule has 0 unspecified atom stereocenters. The molecule has 0 saturated heterocycles. The van der Waals surface area contributed by atoms with Crippen LogP contribution in [0.4, 0.5) is 0 Å². The van der Waals surface area contributed by atoms with Gasteiger partial charge in [0.1, 0.15) is 0 Å². The summed E-state index contributed by atoms with van der Waals surface area (Å²) in [7, 11) is 0. The molecule has 1 fully saturated rings. The monoisotopic (exact) mass is 238 g/mol. The first-order valence-corrected chi connectivity index (χ1v) is 6.98. The number of hydrogen-bond donors (Lipinski definition) is 2. The molecule has 0 aromatic heterocycles. The number of rotatable bonds is 2. The van der Waals surface area contributed by atoms with E-state index in [-0.39, 0.29) is 6.61 Å². The summed E-state index contributed by atoms with van der Waals surface area (Å²) in [5.74, 6) is 2.18. The normalized spacial score (nSPS) is 42.2. The predicted octanol–water partition coefficient (Wildman–Crippen LogP) is 2.75. The smallest absolute Gasteiger partial charge is 0.0653 e. The average Bonchev–Trinajstić information content (AvgIpc) is 2.27. The second kappa shape index (κ2) is 4.74. The van der Waals surface area contributed by atoms with Crippen molar-refractivity contribution in [2.45, 2.75) is 52.1 Å². The Hall–Kier alpha value is -0.340. The molecule has 0 spiro atoms. The first-order chi connectivity index (χ1) is 7.95. The summed E-state index contributed by atoms with van der Waals surface area (Å²) in [5.41, 5.74) is 0.669. The van der Waals surface area contributed by atoms with Gasteiger partial charge >= 0.3 is 0 Å². The third kappa shape index (κ3) is 2.43. The molecule has 0 bridgehead atoms. The third-order valence-corrected chi connectivity index (χ3v) is 5.01. The Morgan fingerprint density at radius 1 is 1.41 bits per heavy atom. The lowest BCUT2D eigenvalue weighted by molar-refractivity contribution is -0.0811. The lowest BCUT2D eigenvalue weighted by Crippen LogP contribution is -2.48. The van der Waals surface area contributed by atoms with E-state index in [1.807, 2.05) is 6.92 Å². The van der Waals surface area contributed by atoms with Crippen LogP contribution in [0.2, 0.25) is 0 Å². The van der Waals surface area contributed by atoms with Crippen molar-refractivity contribution in [2.75, 3.05) is 6.61 Å². The average molecular weight is 238 g/mol. The van der Waals surface area contributed by atoms with Gasteiger partial charge in [-0.15, -0.1) is 0 Å². The highest BCUT2D eigenvalue weighted by Crippen LogP contribution is 2.49. The molecular formula is C15H26O2. The van der Waals surface area contributed by atoms with Gasteiger partial charge in [-0.25, -0.2) is 0 Å². The van der Waals surface area contributed by atoms with Crippen LogP contribution in [0.15, 0.2) is 11.6 Å². The van der Waals surface area contributed by atoms with Crippen molar-refractivity contribution in [1.29, 1.82) is 0 Å². The topological polar surface area (TPSA) is 40.5 Å². The molecule has 0 aromatic carbocycles. The molecule has 17 heavy (non-hydrogen) atoms. The van der Waals surface area contributed by atoms with E-state index in [4.69, 9.17) is 0 Å². The van der Waals surface area contributed by atoms with Crippen molar-refractivity contribution in [3.05, 3.63) is 11.6 Å². The second-order valence-corrected chi connectivity index (χ2v) is 6.51. The number of allylic oxidation sites excluding steroid dienone is 1. The van der Waals surface area contributed by atoms with Crippen LogP contribution in [-0.4, -0.2) is 22.4 Å². The van der Waals surface area contributed by atoms with E-state index in [0.717, 1.165) is 25.7 Å². The molecule has 0 aliphatic heterocycles. The standard InChI is InChI=1S/C15H26O2/c1-10(2)12-6-7-15(3,17)14-5-4-11(9-16)8-13(12)14/h8,10,12-14,16-17H,4-7,9H2,1-3H3/t12-,13-,14-,15+/m1/s1. The van der Waals surface area contributed by atoms with Gasteiger partial charge in [-0.2, -0.15) is 0 Å². The molecule has 4 atom stereocenters. The highest BCUT2D eigenvalue weighted by atomic mass is 16.3. The number of fused-ring (bicyclic) bond motifs is 1. The van der Waals surface area contributed by atoms with E-state index in [1.54, 1.807) is 0 Å². The van der Waals surface area contributed by atoms with Crippen molar-refractivity contribution in [2.24, 2.45) is 23.7 Å². The number of aliphatic hydroxyl groups is 2. The molecule has 1 saturated carbocycles. The molecule has 2 aliphatic carbocycles. The van der Waals surface area contributed by atoms with Gasteiger partial charge in [0.2, 0.25) is 0 Å². The Kier molecular flexibility index (Phi) is 3.65. The Bertz CT molecular complexity index is 304. The molecule has 2 nitrogen and oxygen atoms in total. The number of hydrogen-bond acceptors (Lipinski definition) is 2. The van der Waals surface area contributed by atoms with Gasteiger partial charge in [0.05, 0.1) is 12.2 Å². The molecule has 0 aromatic rings. The Balaban J connectivity index is 2.27. The maximum Gasteiger partial charge on any atom is 0.0653 e. The van der Waals surface area contributed by atoms with Crippen LogP contribution >= 0.6 is 0 Å². The van der Waals surface area contributed by atoms with E-state index in [1.165, 1.54) is 5.57 Å². The molecule has 2 heteroatoms. The highest BCUT2D eigenvalue weighted by molar-refractivity contribution is 5.15. The van der Waals surface area contributed by atoms with Crippen molar-refractivity contribution in [3.63, 3.8) is 0 Å². The van der Waals surface area contributed by atoms with Gasteiger partial charge < -0.3 is 10.2 Å². The van der Waals surface area contributed by atoms with E-state index < -0.39 is 5.60 Å². The minimum Gasteiger partial charge on any atom is -0.392 e. The largest absolute Gasteiger partial charge is 0.392 e. The molecule has 0 heterocycles. The van der Waals surface area contributed by atoms with Crippen molar-refractivity contribution in [3.8, 4) is 0 Å². The minimum absolute atomic E-state index is 0.191. The molecular weight excluding hydrogens is 212 g/mol. The fraction of sp³-hybridized carbons (Fsp3) is 0.867. The Morgan fingerprint density at radius 3 is 2.71 bits per heavy atom. The molecule has 0 amide bonds. The summed E-state index contributed by atoms with van der Waals surface area (Å²) in [5, 5.41) is 19.8. The zero-order valence-electron chi connectivity index (χ0n) is 11.3. The number of aliphatic hydroxyl groups excluding tert-OH is 1. The Morgan fingerprint density at radius 2 is 2.12 bits per heavy atom. The van der Waals surface area contributed by atoms with E-state index >= 15 is 0 Å². The first-order valence-electron chi connectivity index (χ1n) is 6.98. The zero-order valence-corrected chi connectivity index (χ0v) is 11.3. The summed E-state index contributed by atoms with van der Waals surface area (Å²) in [6, 6.07) is 0. The van der Waals surface area contributed by atoms with E-state index in [2.05, 4.69) is 19.9 Å². The van der Waals surface area contributed by atoms with Crippen LogP contribution in [-0.2, 0) is 0 Å². The van der Waals surface area contributed by atoms with Crippen LogP contribution in [0.25, 0.3) is 0 Å². The van der Waals surface area contributed by atoms with Crippen molar-refractivity contribution in [1.82, 2.24) is 0 Å². The van der Waals surface area contributed by atoms with Crippen LogP contribution in [0.3, 0.4) is 0 Å². The van der Waals surface area contributed by atoms with Crippen molar-refractivity contribution >= 4 is 0 Å². The predicted molar refractivity (Wildman–Crippen MR) is 69.6 cm³/mol. The maximum absolute atomic E-state index is 10.5. The quantitative estimate of drug-likeness (QED) is 0.726. The SMILES string of the molecule is CC(C)[C@H]1CC[C@](C)(O)[C@@H]2CCC(CO)=C[C@H]12. The van der Waals surface area contributed by atoms with Crippen molar-refractivity contribution < 1.29 is 10.2 Å². The summed E-state index contributed by atoms with van der Waals surface area (Å²) in [4.78, 5) is 0. The van der Waals surface area contributed by atoms with Gasteiger partial charge in [0, 0.05) is 0 Å². The van der Waals surface area contributed by atoms with Gasteiger partial charge in [-0.05, 0) is 61.9 Å². The van der Waals surface area contributed by atoms with Crippen LogP contribution in [0.5, 0.6) is 0 Å². The van der Waals surface area contributed by atoms with Crippen LogP contribution in [0, 0.1) is 23.7 Å². The van der Waals surface area contributed by atoms with Gasteiger partial charge in [-0.1, -0.05) is 19.9 Å². The first kappa shape index (κ1) is 13.1. The minimum atomic E-state index is -0.506. The highest BCUT2D eigenvalue weighted by Gasteiger charge is 2.46. The maximum atomic E-state index is 10.5. The second-order valence-electron chi connectivity index (χ2n) is 6.51. The zero-order chi connectivity index (χ0) is 12.6. The molecule has 2 aliphatic rings. The van der Waals surface area contributed by atoms with Gasteiger partial charge in [0.15, 0.2) is 0 Å². The van der Waals surface area contributed by atoms with Crippen LogP contribution < -0.4 is 0 Å².